The molecule has 2 aliphatic rings. The Labute approximate surface area is 104 Å². The molecule has 0 aromatic rings. The van der Waals surface area contributed by atoms with Crippen LogP contribution in [0.15, 0.2) is 0 Å². The van der Waals surface area contributed by atoms with Crippen LogP contribution in [0, 0.1) is 0 Å². The quantitative estimate of drug-likeness (QED) is 0.557. The van der Waals surface area contributed by atoms with Crippen LogP contribution in [0.4, 0.5) is 4.79 Å². The minimum Gasteiger partial charge on any atom is -0.339 e. The molecule has 2 aliphatic heterocycles. The summed E-state index contributed by atoms with van der Waals surface area (Å²) >= 11 is 0. The summed E-state index contributed by atoms with van der Waals surface area (Å²) in [5.74, 6) is -1.61. The Morgan fingerprint density at radius 1 is 1.44 bits per heavy atom. The van der Waals surface area contributed by atoms with Crippen LogP contribution in [0.1, 0.15) is 6.42 Å². The van der Waals surface area contributed by atoms with Crippen LogP contribution >= 0.6 is 0 Å². The van der Waals surface area contributed by atoms with Crippen LogP contribution in [-0.2, 0) is 19.4 Å². The van der Waals surface area contributed by atoms with Crippen molar-refractivity contribution in [1.29, 1.82) is 0 Å². The van der Waals surface area contributed by atoms with E-state index in [1.807, 2.05) is 0 Å². The molecule has 1 unspecified atom stereocenters. The molecule has 18 heavy (non-hydrogen) atoms. The second-order valence-corrected chi connectivity index (χ2v) is 6.77. The molecule has 0 saturated carbocycles. The summed E-state index contributed by atoms with van der Waals surface area (Å²) < 4.78 is 22.1. The summed E-state index contributed by atoms with van der Waals surface area (Å²) in [7, 11) is -3.40. The van der Waals surface area contributed by atoms with Gasteiger partial charge in [-0.15, -0.1) is 0 Å². The maximum atomic E-state index is 11.7. The monoisotopic (exact) mass is 275 g/mol. The smallest absolute Gasteiger partial charge is 0.322 e. The number of carbonyl (C=O) groups is 3. The van der Waals surface area contributed by atoms with Gasteiger partial charge in [-0.3, -0.25) is 14.9 Å². The van der Waals surface area contributed by atoms with Gasteiger partial charge in [0.2, 0.25) is 5.91 Å². The molecule has 0 aromatic heterocycles. The SMILES string of the molecule is CS(=O)(=O)CC(=O)N1CCC2(C1)NC(=O)NC2=O. The summed E-state index contributed by atoms with van der Waals surface area (Å²) in [6.45, 7) is 0.265. The first-order chi connectivity index (χ1) is 8.22. The Bertz CT molecular complexity index is 528. The van der Waals surface area contributed by atoms with Crippen molar-refractivity contribution in [3.8, 4) is 0 Å². The van der Waals surface area contributed by atoms with Gasteiger partial charge in [-0.25, -0.2) is 13.2 Å². The molecule has 2 rings (SSSR count). The molecule has 0 bridgehead atoms. The molecule has 8 nitrogen and oxygen atoms in total. The van der Waals surface area contributed by atoms with Crippen molar-refractivity contribution in [1.82, 2.24) is 15.5 Å². The number of likely N-dealkylation sites (tertiary alicyclic amines) is 1. The number of sulfone groups is 1. The fraction of sp³-hybridized carbons (Fsp3) is 0.667. The molecule has 2 saturated heterocycles. The maximum Gasteiger partial charge on any atom is 0.322 e. The van der Waals surface area contributed by atoms with E-state index in [0.717, 1.165) is 6.26 Å². The predicted molar refractivity (Wildman–Crippen MR) is 60.3 cm³/mol. The normalized spacial score (nSPS) is 27.5. The van der Waals surface area contributed by atoms with Crippen molar-refractivity contribution >= 4 is 27.7 Å². The summed E-state index contributed by atoms with van der Waals surface area (Å²) in [5, 5.41) is 4.60. The number of rotatable bonds is 2. The zero-order chi connectivity index (χ0) is 13.6. The van der Waals surface area contributed by atoms with Gasteiger partial charge >= 0.3 is 6.03 Å². The summed E-state index contributed by atoms with van der Waals surface area (Å²) in [6, 6.07) is -0.586. The highest BCUT2D eigenvalue weighted by Crippen LogP contribution is 2.24. The first kappa shape index (κ1) is 12.8. The van der Waals surface area contributed by atoms with Gasteiger partial charge in [0, 0.05) is 12.8 Å². The van der Waals surface area contributed by atoms with Crippen molar-refractivity contribution in [2.75, 3.05) is 25.1 Å². The lowest BCUT2D eigenvalue weighted by Gasteiger charge is -2.20. The molecule has 0 aromatic carbocycles. The number of amides is 4. The average molecular weight is 275 g/mol. The Balaban J connectivity index is 2.07. The Hall–Kier alpha value is -1.64. The lowest BCUT2D eigenvalue weighted by Crippen LogP contribution is -2.50. The van der Waals surface area contributed by atoms with Crippen molar-refractivity contribution in [2.24, 2.45) is 0 Å². The molecular formula is C9H13N3O5S. The zero-order valence-corrected chi connectivity index (χ0v) is 10.5. The summed E-state index contributed by atoms with van der Waals surface area (Å²) in [5.41, 5.74) is -1.09. The van der Waals surface area contributed by atoms with Crippen LogP contribution in [0.5, 0.6) is 0 Å². The first-order valence-corrected chi connectivity index (χ1v) is 7.37. The van der Waals surface area contributed by atoms with Crippen LogP contribution < -0.4 is 10.6 Å². The third-order valence-corrected chi connectivity index (χ3v) is 3.79. The third-order valence-electron chi connectivity index (χ3n) is 3.02. The van der Waals surface area contributed by atoms with Crippen LogP contribution in [0.25, 0.3) is 0 Å². The average Bonchev–Trinajstić information content (AvgIpc) is 2.70. The number of imide groups is 1. The zero-order valence-electron chi connectivity index (χ0n) is 9.73. The maximum absolute atomic E-state index is 11.7. The Kier molecular flexibility index (Phi) is 2.80. The van der Waals surface area contributed by atoms with Crippen molar-refractivity contribution in [3.63, 3.8) is 0 Å². The van der Waals surface area contributed by atoms with Crippen molar-refractivity contribution in [3.05, 3.63) is 0 Å². The van der Waals surface area contributed by atoms with Crippen LogP contribution in [0.2, 0.25) is 0 Å². The molecule has 2 fully saturated rings. The highest BCUT2D eigenvalue weighted by molar-refractivity contribution is 7.91. The number of nitrogens with zero attached hydrogens (tertiary/aromatic N) is 1. The molecule has 0 aliphatic carbocycles. The van der Waals surface area contributed by atoms with E-state index in [1.165, 1.54) is 4.90 Å². The van der Waals surface area contributed by atoms with Crippen molar-refractivity contribution < 1.29 is 22.8 Å². The molecule has 2 heterocycles. The minimum absolute atomic E-state index is 0.0128. The third kappa shape index (κ3) is 2.30. The molecule has 1 atom stereocenters. The van der Waals surface area contributed by atoms with Crippen LogP contribution in [0.3, 0.4) is 0 Å². The molecule has 1 spiro atoms. The van der Waals surface area contributed by atoms with Crippen LogP contribution in [-0.4, -0.2) is 61.8 Å². The largest absolute Gasteiger partial charge is 0.339 e. The molecule has 9 heteroatoms. The van der Waals surface area contributed by atoms with E-state index in [9.17, 15) is 22.8 Å². The Morgan fingerprint density at radius 3 is 2.61 bits per heavy atom. The fourth-order valence-electron chi connectivity index (χ4n) is 2.15. The van der Waals surface area contributed by atoms with E-state index in [1.54, 1.807) is 0 Å². The fourth-order valence-corrected chi connectivity index (χ4v) is 2.78. The molecule has 100 valence electrons. The van der Waals surface area contributed by atoms with Gasteiger partial charge < -0.3 is 10.2 Å². The number of carbonyl (C=O) groups excluding carboxylic acids is 3. The lowest BCUT2D eigenvalue weighted by molar-refractivity contribution is -0.128. The van der Waals surface area contributed by atoms with Gasteiger partial charge in [0.15, 0.2) is 9.84 Å². The number of nitrogens with one attached hydrogen (secondary N) is 2. The molecule has 2 N–H and O–H groups in total. The highest BCUT2D eigenvalue weighted by atomic mass is 32.2. The summed E-state index contributed by atoms with van der Waals surface area (Å²) in [4.78, 5) is 35.7. The van der Waals surface area contributed by atoms with Gasteiger partial charge in [-0.05, 0) is 6.42 Å². The molecule has 0 radical (unpaired) electrons. The van der Waals surface area contributed by atoms with Gasteiger partial charge in [-0.1, -0.05) is 0 Å². The van der Waals surface area contributed by atoms with E-state index < -0.39 is 39.0 Å². The molecular weight excluding hydrogens is 262 g/mol. The second-order valence-electron chi connectivity index (χ2n) is 4.63. The lowest BCUT2D eigenvalue weighted by atomic mass is 10.00. The number of hydrogen-bond acceptors (Lipinski definition) is 5. The van der Waals surface area contributed by atoms with E-state index in [-0.39, 0.29) is 13.1 Å². The molecule has 4 amide bonds. The minimum atomic E-state index is -3.40. The Morgan fingerprint density at radius 2 is 2.11 bits per heavy atom. The van der Waals surface area contributed by atoms with Gasteiger partial charge in [0.25, 0.3) is 5.91 Å². The van der Waals surface area contributed by atoms with Gasteiger partial charge in [0.1, 0.15) is 11.3 Å². The van der Waals surface area contributed by atoms with E-state index in [2.05, 4.69) is 10.6 Å². The highest BCUT2D eigenvalue weighted by Gasteiger charge is 2.51. The van der Waals surface area contributed by atoms with E-state index in [0.29, 0.717) is 6.42 Å². The standard InChI is InChI=1S/C9H13N3O5S/c1-18(16,17)4-6(13)12-3-2-9(5-12)7(14)10-8(15)11-9/h2-5H2,1H3,(H2,10,11,14,15). The second kappa shape index (κ2) is 3.94. The van der Waals surface area contributed by atoms with Crippen molar-refractivity contribution in [2.45, 2.75) is 12.0 Å². The van der Waals surface area contributed by atoms with Gasteiger partial charge in [0.05, 0.1) is 6.54 Å². The van der Waals surface area contributed by atoms with Gasteiger partial charge in [-0.2, -0.15) is 0 Å². The number of urea groups is 1. The van der Waals surface area contributed by atoms with E-state index in [4.69, 9.17) is 0 Å². The topological polar surface area (TPSA) is 113 Å². The van der Waals surface area contributed by atoms with E-state index >= 15 is 0 Å². The summed E-state index contributed by atoms with van der Waals surface area (Å²) in [6.07, 6.45) is 1.26. The first-order valence-electron chi connectivity index (χ1n) is 5.31. The predicted octanol–water partition coefficient (Wildman–Crippen LogP) is -2.16. The number of hydrogen-bond donors (Lipinski definition) is 2.